The lowest BCUT2D eigenvalue weighted by molar-refractivity contribution is -0.182. The Balaban J connectivity index is 1.75. The normalized spacial score (nSPS) is 22.6. The van der Waals surface area contributed by atoms with Crippen LogP contribution in [0.3, 0.4) is 0 Å². The Morgan fingerprint density at radius 1 is 1.11 bits per heavy atom. The molecular weight excluding hydrogens is 523 g/mol. The number of benzene rings is 2. The molecule has 3 heterocycles. The lowest BCUT2D eigenvalue weighted by Crippen LogP contribution is -2.49. The summed E-state index contributed by atoms with van der Waals surface area (Å²) in [5, 5.41) is 2.12. The SMILES string of the molecule is CC(=O)c1ccc2c(c1)C(=O)N(OC1CCCS1(=O)=O)C2(Cc1ccc(Cl)cn1)c1ccc(Cl)cc1. The average molecular weight is 545 g/mol. The van der Waals surface area contributed by atoms with Gasteiger partial charge in [0.05, 0.1) is 10.8 Å². The fourth-order valence-electron chi connectivity index (χ4n) is 4.87. The first-order chi connectivity index (χ1) is 17.1. The maximum Gasteiger partial charge on any atom is 0.279 e. The Morgan fingerprint density at radius 2 is 1.83 bits per heavy atom. The lowest BCUT2D eigenvalue weighted by Gasteiger charge is -2.39. The second kappa shape index (κ2) is 9.27. The summed E-state index contributed by atoms with van der Waals surface area (Å²) < 4.78 is 25.4. The number of hydrogen-bond acceptors (Lipinski definition) is 6. The van der Waals surface area contributed by atoms with Gasteiger partial charge in [-0.3, -0.25) is 14.6 Å². The van der Waals surface area contributed by atoms with Crippen LogP contribution in [0.2, 0.25) is 10.0 Å². The molecule has 1 amide bonds. The highest BCUT2D eigenvalue weighted by Crippen LogP contribution is 2.48. The van der Waals surface area contributed by atoms with E-state index in [1.807, 2.05) is 0 Å². The molecule has 0 aliphatic carbocycles. The fraction of sp³-hybridized carbons (Fsp3) is 0.269. The molecule has 10 heteroatoms. The monoisotopic (exact) mass is 544 g/mol. The van der Waals surface area contributed by atoms with Crippen LogP contribution in [0.5, 0.6) is 0 Å². The van der Waals surface area contributed by atoms with Gasteiger partial charge in [-0.25, -0.2) is 18.3 Å². The Morgan fingerprint density at radius 3 is 2.44 bits per heavy atom. The van der Waals surface area contributed by atoms with E-state index in [1.165, 1.54) is 19.2 Å². The second-order valence-electron chi connectivity index (χ2n) is 8.97. The molecule has 186 valence electrons. The van der Waals surface area contributed by atoms with Crippen LogP contribution in [0, 0.1) is 0 Å². The van der Waals surface area contributed by atoms with Crippen molar-refractivity contribution in [2.24, 2.45) is 0 Å². The van der Waals surface area contributed by atoms with Crippen LogP contribution in [0.25, 0.3) is 0 Å². The van der Waals surface area contributed by atoms with E-state index in [0.29, 0.717) is 38.9 Å². The third-order valence-corrected chi connectivity index (χ3v) is 9.13. The van der Waals surface area contributed by atoms with E-state index in [2.05, 4.69) is 4.98 Å². The molecular formula is C26H22Cl2N2O5S. The standard InChI is InChI=1S/C26H22Cl2N2O5S/c1-16(31)17-4-11-23-22(13-17)25(32)30(35-24-3-2-12-36(24,33)34)26(23,18-5-7-19(27)8-6-18)14-21-10-9-20(28)15-29-21/h4-11,13,15,24H,2-3,12,14H2,1H3. The van der Waals surface area contributed by atoms with Crippen molar-refractivity contribution in [3.05, 3.63) is 98.8 Å². The number of rotatable bonds is 6. The first-order valence-corrected chi connectivity index (χ1v) is 13.8. The Bertz CT molecular complexity index is 1460. The number of halogens is 2. The van der Waals surface area contributed by atoms with Crippen LogP contribution >= 0.6 is 23.2 Å². The van der Waals surface area contributed by atoms with Gasteiger partial charge in [0.15, 0.2) is 21.1 Å². The molecule has 2 aliphatic rings. The van der Waals surface area contributed by atoms with Crippen molar-refractivity contribution in [2.45, 2.75) is 37.2 Å². The number of aromatic nitrogens is 1. The first-order valence-electron chi connectivity index (χ1n) is 11.4. The number of carbonyl (C=O) groups is 2. The predicted octanol–water partition coefficient (Wildman–Crippen LogP) is 5.00. The maximum atomic E-state index is 13.9. The summed E-state index contributed by atoms with van der Waals surface area (Å²) in [6.45, 7) is 1.42. The molecule has 3 aromatic rings. The van der Waals surface area contributed by atoms with Crippen LogP contribution < -0.4 is 0 Å². The van der Waals surface area contributed by atoms with E-state index in [4.69, 9.17) is 28.0 Å². The van der Waals surface area contributed by atoms with Gasteiger partial charge in [-0.15, -0.1) is 0 Å². The molecule has 2 atom stereocenters. The van der Waals surface area contributed by atoms with Gasteiger partial charge < -0.3 is 0 Å². The van der Waals surface area contributed by atoms with Gasteiger partial charge in [-0.05, 0) is 61.2 Å². The number of fused-ring (bicyclic) bond motifs is 1. The number of nitrogens with zero attached hydrogens (tertiary/aromatic N) is 2. The van der Waals surface area contributed by atoms with Crippen LogP contribution in [0.15, 0.2) is 60.8 Å². The van der Waals surface area contributed by atoms with Crippen LogP contribution in [0.4, 0.5) is 0 Å². The van der Waals surface area contributed by atoms with Crippen molar-refractivity contribution >= 4 is 44.7 Å². The Kier molecular flexibility index (Phi) is 6.41. The van der Waals surface area contributed by atoms with E-state index < -0.39 is 26.7 Å². The zero-order valence-corrected chi connectivity index (χ0v) is 21.6. The zero-order valence-electron chi connectivity index (χ0n) is 19.3. The van der Waals surface area contributed by atoms with Crippen molar-refractivity contribution in [1.82, 2.24) is 10.0 Å². The van der Waals surface area contributed by atoms with Crippen molar-refractivity contribution in [3.63, 3.8) is 0 Å². The van der Waals surface area contributed by atoms with Gasteiger partial charge in [-0.2, -0.15) is 0 Å². The van der Waals surface area contributed by atoms with Gasteiger partial charge in [0.1, 0.15) is 5.54 Å². The van der Waals surface area contributed by atoms with Crippen LogP contribution in [0.1, 0.15) is 57.3 Å². The topological polar surface area (TPSA) is 93.6 Å². The minimum absolute atomic E-state index is 0.00614. The van der Waals surface area contributed by atoms with Gasteiger partial charge in [0.2, 0.25) is 0 Å². The molecule has 5 rings (SSSR count). The molecule has 2 unspecified atom stereocenters. The highest BCUT2D eigenvalue weighted by molar-refractivity contribution is 7.92. The van der Waals surface area contributed by atoms with E-state index in [0.717, 1.165) is 5.06 Å². The van der Waals surface area contributed by atoms with Gasteiger partial charge in [0.25, 0.3) is 5.91 Å². The molecule has 1 saturated heterocycles. The largest absolute Gasteiger partial charge is 0.295 e. The number of hydroxylamine groups is 2. The summed E-state index contributed by atoms with van der Waals surface area (Å²) in [5.74, 6) is -0.729. The Hall–Kier alpha value is -2.78. The first kappa shape index (κ1) is 24.9. The smallest absolute Gasteiger partial charge is 0.279 e. The van der Waals surface area contributed by atoms with E-state index in [-0.39, 0.29) is 29.9 Å². The van der Waals surface area contributed by atoms with Crippen molar-refractivity contribution in [1.29, 1.82) is 0 Å². The quantitative estimate of drug-likeness (QED) is 0.405. The van der Waals surface area contributed by atoms with Crippen molar-refractivity contribution in [2.75, 3.05) is 5.75 Å². The maximum absolute atomic E-state index is 13.9. The molecule has 2 aliphatic heterocycles. The van der Waals surface area contributed by atoms with Crippen molar-refractivity contribution < 1.29 is 22.8 Å². The van der Waals surface area contributed by atoms with Crippen LogP contribution in [-0.4, -0.2) is 41.3 Å². The number of ketones is 1. The minimum atomic E-state index is -3.55. The Labute approximate surface area is 218 Å². The molecule has 0 N–H and O–H groups in total. The number of Topliss-reactive ketones (excluding diaryl/α,β-unsaturated/α-hetero) is 1. The predicted molar refractivity (Wildman–Crippen MR) is 136 cm³/mol. The minimum Gasteiger partial charge on any atom is -0.295 e. The molecule has 0 saturated carbocycles. The molecule has 1 aromatic heterocycles. The highest BCUT2D eigenvalue weighted by atomic mass is 35.5. The number of pyridine rings is 1. The lowest BCUT2D eigenvalue weighted by atomic mass is 9.79. The molecule has 2 aromatic carbocycles. The van der Waals surface area contributed by atoms with Gasteiger partial charge >= 0.3 is 0 Å². The summed E-state index contributed by atoms with van der Waals surface area (Å²) >= 11 is 12.2. The summed E-state index contributed by atoms with van der Waals surface area (Å²) in [4.78, 5) is 36.6. The summed E-state index contributed by atoms with van der Waals surface area (Å²) in [5.41, 5.74) is 0.0369. The number of amides is 1. The summed E-state index contributed by atoms with van der Waals surface area (Å²) in [6, 6.07) is 15.3. The molecule has 0 bridgehead atoms. The number of sulfone groups is 1. The third-order valence-electron chi connectivity index (χ3n) is 6.67. The van der Waals surface area contributed by atoms with E-state index >= 15 is 0 Å². The number of hydrogen-bond donors (Lipinski definition) is 0. The van der Waals surface area contributed by atoms with E-state index in [9.17, 15) is 18.0 Å². The summed E-state index contributed by atoms with van der Waals surface area (Å²) in [7, 11) is -3.55. The van der Waals surface area contributed by atoms with Crippen molar-refractivity contribution in [3.8, 4) is 0 Å². The van der Waals surface area contributed by atoms with Gasteiger partial charge in [-0.1, -0.05) is 47.5 Å². The molecule has 1 fully saturated rings. The second-order valence-corrected chi connectivity index (χ2v) is 12.1. The third kappa shape index (κ3) is 4.22. The van der Waals surface area contributed by atoms with Crippen LogP contribution in [-0.2, 0) is 26.6 Å². The zero-order chi connectivity index (χ0) is 25.7. The fourth-order valence-corrected chi connectivity index (χ4v) is 6.68. The molecule has 0 spiro atoms. The number of carbonyl (C=O) groups excluding carboxylic acids is 2. The summed E-state index contributed by atoms with van der Waals surface area (Å²) in [6.07, 6.45) is 2.40. The van der Waals surface area contributed by atoms with Gasteiger partial charge in [0, 0.05) is 34.5 Å². The average Bonchev–Trinajstić information content (AvgIpc) is 3.30. The molecule has 36 heavy (non-hydrogen) atoms. The highest BCUT2D eigenvalue weighted by Gasteiger charge is 2.54. The molecule has 0 radical (unpaired) electrons. The molecule has 7 nitrogen and oxygen atoms in total. The van der Waals surface area contributed by atoms with E-state index in [1.54, 1.807) is 48.5 Å².